The molecule has 2 heterocycles. The van der Waals surface area contributed by atoms with E-state index in [2.05, 4.69) is 25.9 Å². The molecule has 7 heteroatoms. The number of amides is 2. The van der Waals surface area contributed by atoms with Crippen LogP contribution >= 0.6 is 27.7 Å². The van der Waals surface area contributed by atoms with Crippen molar-refractivity contribution in [3.63, 3.8) is 0 Å². The first-order valence-corrected chi connectivity index (χ1v) is 8.74. The van der Waals surface area contributed by atoms with Crippen LogP contribution in [0.1, 0.15) is 11.1 Å². The predicted molar refractivity (Wildman–Crippen MR) is 92.7 cm³/mol. The van der Waals surface area contributed by atoms with E-state index in [-0.39, 0.29) is 6.03 Å². The normalized spacial score (nSPS) is 14.3. The van der Waals surface area contributed by atoms with Gasteiger partial charge in [-0.3, -0.25) is 9.80 Å². The van der Waals surface area contributed by atoms with Crippen LogP contribution in [0, 0.1) is 6.92 Å². The fraction of sp³-hybridized carbons (Fsp3) is 0.267. The number of fused-ring (bicyclic) bond motifs is 1. The maximum Gasteiger partial charge on any atom is 0.330 e. The Morgan fingerprint density at radius 2 is 2.14 bits per heavy atom. The molecule has 0 fully saturated rings. The number of aryl methyl sites for hydroxylation is 1. The van der Waals surface area contributed by atoms with Gasteiger partial charge >= 0.3 is 6.03 Å². The van der Waals surface area contributed by atoms with Crippen molar-refractivity contribution in [2.24, 2.45) is 0 Å². The van der Waals surface area contributed by atoms with Crippen molar-refractivity contribution in [1.82, 2.24) is 9.97 Å². The van der Waals surface area contributed by atoms with E-state index in [9.17, 15) is 4.79 Å². The van der Waals surface area contributed by atoms with E-state index in [0.29, 0.717) is 17.5 Å². The maximum absolute atomic E-state index is 12.7. The number of nitrogens with zero attached hydrogens (tertiary/aromatic N) is 4. The van der Waals surface area contributed by atoms with E-state index in [1.165, 1.54) is 11.8 Å². The number of hydrogen-bond acceptors (Lipinski definition) is 4. The van der Waals surface area contributed by atoms with Crippen molar-refractivity contribution in [3.05, 3.63) is 40.0 Å². The number of anilines is 2. The van der Waals surface area contributed by atoms with Gasteiger partial charge in [-0.05, 0) is 30.9 Å². The van der Waals surface area contributed by atoms with Crippen LogP contribution in [0.2, 0.25) is 0 Å². The number of rotatable bonds is 2. The molecule has 0 radical (unpaired) electrons. The zero-order valence-corrected chi connectivity index (χ0v) is 14.9. The van der Waals surface area contributed by atoms with Crippen LogP contribution in [0.5, 0.6) is 0 Å². The van der Waals surface area contributed by atoms with Gasteiger partial charge < -0.3 is 0 Å². The quantitative estimate of drug-likeness (QED) is 0.588. The third-order valence-corrected chi connectivity index (χ3v) is 4.68. The summed E-state index contributed by atoms with van der Waals surface area (Å²) in [5, 5.41) is 0.672. The van der Waals surface area contributed by atoms with Gasteiger partial charge in [-0.25, -0.2) is 14.8 Å². The molecule has 0 bridgehead atoms. The van der Waals surface area contributed by atoms with Gasteiger partial charge in [0.2, 0.25) is 0 Å². The molecule has 2 aromatic rings. The second-order valence-corrected chi connectivity index (χ2v) is 6.75. The van der Waals surface area contributed by atoms with Crippen molar-refractivity contribution in [1.29, 1.82) is 0 Å². The fourth-order valence-electron chi connectivity index (χ4n) is 2.45. The highest BCUT2D eigenvalue weighted by molar-refractivity contribution is 9.10. The van der Waals surface area contributed by atoms with Crippen LogP contribution in [0.3, 0.4) is 0 Å². The number of benzene rings is 1. The Hall–Kier alpha value is -1.60. The summed E-state index contributed by atoms with van der Waals surface area (Å²) in [6, 6.07) is 5.84. The molecule has 0 unspecified atom stereocenters. The monoisotopic (exact) mass is 378 g/mol. The van der Waals surface area contributed by atoms with Crippen molar-refractivity contribution < 1.29 is 4.79 Å². The lowest BCUT2D eigenvalue weighted by atomic mass is 10.1. The average molecular weight is 379 g/mol. The lowest BCUT2D eigenvalue weighted by molar-refractivity contribution is 0.251. The van der Waals surface area contributed by atoms with Gasteiger partial charge in [-0.1, -0.05) is 33.8 Å². The number of urea groups is 1. The SMILES string of the molecule is CSc1ncc2c(n1)N(C)C(=O)N(c1cc(Br)ccc1C)C2. The zero-order valence-electron chi connectivity index (χ0n) is 12.5. The van der Waals surface area contributed by atoms with Gasteiger partial charge in [0.05, 0.1) is 6.54 Å². The summed E-state index contributed by atoms with van der Waals surface area (Å²) in [5.74, 6) is 0.688. The molecule has 22 heavy (non-hydrogen) atoms. The van der Waals surface area contributed by atoms with Gasteiger partial charge in [-0.2, -0.15) is 0 Å². The largest absolute Gasteiger partial charge is 0.330 e. The molecule has 0 atom stereocenters. The van der Waals surface area contributed by atoms with Crippen LogP contribution < -0.4 is 9.80 Å². The predicted octanol–water partition coefficient (Wildman–Crippen LogP) is 3.85. The summed E-state index contributed by atoms with van der Waals surface area (Å²) in [6.45, 7) is 2.47. The second-order valence-electron chi connectivity index (χ2n) is 5.06. The van der Waals surface area contributed by atoms with E-state index < -0.39 is 0 Å². The summed E-state index contributed by atoms with van der Waals surface area (Å²) < 4.78 is 0.948. The first kappa shape index (κ1) is 15.3. The Morgan fingerprint density at radius 1 is 1.36 bits per heavy atom. The third-order valence-electron chi connectivity index (χ3n) is 3.63. The number of halogens is 1. The number of carbonyl (C=O) groups is 1. The first-order chi connectivity index (χ1) is 10.5. The Bertz CT molecular complexity index is 752. The van der Waals surface area contributed by atoms with E-state index in [1.54, 1.807) is 23.0 Å². The fourth-order valence-corrected chi connectivity index (χ4v) is 3.14. The van der Waals surface area contributed by atoms with Crippen LogP contribution in [0.4, 0.5) is 16.3 Å². The molecule has 5 nitrogen and oxygen atoms in total. The molecule has 1 aliphatic heterocycles. The van der Waals surface area contributed by atoms with E-state index in [4.69, 9.17) is 0 Å². The minimum Gasteiger partial charge on any atom is -0.289 e. The zero-order chi connectivity index (χ0) is 15.9. The molecule has 0 aliphatic carbocycles. The molecule has 0 spiro atoms. The highest BCUT2D eigenvalue weighted by Gasteiger charge is 2.31. The van der Waals surface area contributed by atoms with Crippen LogP contribution in [-0.4, -0.2) is 29.3 Å². The van der Waals surface area contributed by atoms with E-state index in [0.717, 1.165) is 21.3 Å². The highest BCUT2D eigenvalue weighted by Crippen LogP contribution is 2.33. The van der Waals surface area contributed by atoms with Crippen molar-refractivity contribution in [2.45, 2.75) is 18.6 Å². The van der Waals surface area contributed by atoms with Crippen molar-refractivity contribution in [3.8, 4) is 0 Å². The summed E-state index contributed by atoms with van der Waals surface area (Å²) in [7, 11) is 1.75. The summed E-state index contributed by atoms with van der Waals surface area (Å²) in [4.78, 5) is 24.8. The van der Waals surface area contributed by atoms with Gasteiger partial charge in [0, 0.05) is 29.0 Å². The minimum absolute atomic E-state index is 0.0838. The molecule has 2 amide bonds. The standard InChI is InChI=1S/C15H15BrN4OS/c1-9-4-5-11(16)6-12(9)20-8-10-7-17-14(22-3)18-13(10)19(2)15(20)21/h4-7H,8H2,1-3H3. The second kappa shape index (κ2) is 5.89. The summed E-state index contributed by atoms with van der Waals surface area (Å²) in [6.07, 6.45) is 3.72. The molecule has 3 rings (SSSR count). The maximum atomic E-state index is 12.7. The van der Waals surface area contributed by atoms with Crippen molar-refractivity contribution >= 4 is 45.2 Å². The number of aromatic nitrogens is 2. The number of carbonyl (C=O) groups excluding carboxylic acids is 1. The van der Waals surface area contributed by atoms with Gasteiger partial charge in [0.1, 0.15) is 5.82 Å². The van der Waals surface area contributed by atoms with Gasteiger partial charge in [-0.15, -0.1) is 0 Å². The van der Waals surface area contributed by atoms with Crippen LogP contribution in [0.15, 0.2) is 34.0 Å². The topological polar surface area (TPSA) is 49.3 Å². The Kier molecular flexibility index (Phi) is 4.10. The third kappa shape index (κ3) is 2.59. The Balaban J connectivity index is 2.06. The molecule has 1 aromatic carbocycles. The number of thioether (sulfide) groups is 1. The molecule has 1 aliphatic rings. The average Bonchev–Trinajstić information content (AvgIpc) is 2.53. The molecular formula is C15H15BrN4OS. The number of hydrogen-bond donors (Lipinski definition) is 0. The summed E-state index contributed by atoms with van der Waals surface area (Å²) >= 11 is 4.94. The van der Waals surface area contributed by atoms with Crippen LogP contribution in [-0.2, 0) is 6.54 Å². The van der Waals surface area contributed by atoms with Gasteiger partial charge in [0.15, 0.2) is 5.16 Å². The highest BCUT2D eigenvalue weighted by atomic mass is 79.9. The molecule has 0 N–H and O–H groups in total. The summed E-state index contributed by atoms with van der Waals surface area (Å²) in [5.41, 5.74) is 2.89. The molecule has 0 saturated heterocycles. The van der Waals surface area contributed by atoms with Crippen LogP contribution in [0.25, 0.3) is 0 Å². The van der Waals surface area contributed by atoms with E-state index >= 15 is 0 Å². The van der Waals surface area contributed by atoms with Crippen molar-refractivity contribution in [2.75, 3.05) is 23.1 Å². The Labute approximate surface area is 141 Å². The molecule has 1 aromatic heterocycles. The molecule has 0 saturated carbocycles. The minimum atomic E-state index is -0.0838. The molecule has 114 valence electrons. The smallest absolute Gasteiger partial charge is 0.289 e. The van der Waals surface area contributed by atoms with Gasteiger partial charge in [0.25, 0.3) is 0 Å². The molecular weight excluding hydrogens is 364 g/mol. The van der Waals surface area contributed by atoms with E-state index in [1.807, 2.05) is 31.4 Å². The Morgan fingerprint density at radius 3 is 2.86 bits per heavy atom. The lowest BCUT2D eigenvalue weighted by Crippen LogP contribution is -2.46. The lowest BCUT2D eigenvalue weighted by Gasteiger charge is -2.34. The first-order valence-electron chi connectivity index (χ1n) is 6.72.